The highest BCUT2D eigenvalue weighted by atomic mass is 16.5. The van der Waals surface area contributed by atoms with E-state index in [-0.39, 0.29) is 24.1 Å². The maximum Gasteiger partial charge on any atom is 0.276 e. The SMILES string of the molecule is CCN(CC(=O)Nc1cccc(OC)c1)C(=O)c1cn(Cc2ccccc2)nn1. The topological polar surface area (TPSA) is 89.4 Å². The molecular formula is C21H23N5O3. The van der Waals surface area contributed by atoms with E-state index in [2.05, 4.69) is 15.6 Å². The first-order valence-electron chi connectivity index (χ1n) is 9.26. The Balaban J connectivity index is 1.62. The average molecular weight is 393 g/mol. The van der Waals surface area contributed by atoms with Crippen LogP contribution in [0.2, 0.25) is 0 Å². The van der Waals surface area contributed by atoms with Crippen LogP contribution < -0.4 is 10.1 Å². The average Bonchev–Trinajstić information content (AvgIpc) is 3.20. The fourth-order valence-electron chi connectivity index (χ4n) is 2.81. The van der Waals surface area contributed by atoms with Crippen molar-refractivity contribution >= 4 is 17.5 Å². The van der Waals surface area contributed by atoms with Gasteiger partial charge in [-0.15, -0.1) is 5.10 Å². The van der Waals surface area contributed by atoms with Gasteiger partial charge < -0.3 is 15.0 Å². The second-order valence-electron chi connectivity index (χ2n) is 6.39. The summed E-state index contributed by atoms with van der Waals surface area (Å²) in [5.74, 6) is -0.000936. The predicted octanol–water partition coefficient (Wildman–Crippen LogP) is 2.44. The molecular weight excluding hydrogens is 370 g/mol. The van der Waals surface area contributed by atoms with Gasteiger partial charge in [0.1, 0.15) is 12.3 Å². The van der Waals surface area contributed by atoms with Gasteiger partial charge in [-0.3, -0.25) is 9.59 Å². The van der Waals surface area contributed by atoms with Crippen molar-refractivity contribution in [1.82, 2.24) is 19.9 Å². The maximum atomic E-state index is 12.7. The summed E-state index contributed by atoms with van der Waals surface area (Å²) in [5.41, 5.74) is 1.87. The van der Waals surface area contributed by atoms with Crippen molar-refractivity contribution in [3.63, 3.8) is 0 Å². The van der Waals surface area contributed by atoms with Crippen LogP contribution in [0.3, 0.4) is 0 Å². The molecule has 1 heterocycles. The smallest absolute Gasteiger partial charge is 0.276 e. The number of benzene rings is 2. The normalized spacial score (nSPS) is 10.4. The third-order valence-corrected chi connectivity index (χ3v) is 4.30. The van der Waals surface area contributed by atoms with Crippen LogP contribution in [0.4, 0.5) is 5.69 Å². The van der Waals surface area contributed by atoms with Crippen LogP contribution in [0, 0.1) is 0 Å². The van der Waals surface area contributed by atoms with Gasteiger partial charge in [-0.1, -0.05) is 41.6 Å². The molecule has 0 atom stereocenters. The summed E-state index contributed by atoms with van der Waals surface area (Å²) < 4.78 is 6.75. The Labute approximate surface area is 169 Å². The first-order valence-corrected chi connectivity index (χ1v) is 9.26. The minimum Gasteiger partial charge on any atom is -0.497 e. The Morgan fingerprint density at radius 3 is 2.66 bits per heavy atom. The van der Waals surface area contributed by atoms with E-state index in [1.807, 2.05) is 37.3 Å². The third kappa shape index (κ3) is 5.41. The molecule has 0 aliphatic heterocycles. The number of likely N-dealkylation sites (N-methyl/N-ethyl adjacent to an activating group) is 1. The van der Waals surface area contributed by atoms with E-state index < -0.39 is 0 Å². The van der Waals surface area contributed by atoms with Crippen LogP contribution >= 0.6 is 0 Å². The monoisotopic (exact) mass is 393 g/mol. The number of carbonyl (C=O) groups excluding carboxylic acids is 2. The summed E-state index contributed by atoms with van der Waals surface area (Å²) in [6.07, 6.45) is 1.60. The number of ether oxygens (including phenoxy) is 1. The van der Waals surface area contributed by atoms with Crippen LogP contribution in [-0.4, -0.2) is 51.9 Å². The molecule has 29 heavy (non-hydrogen) atoms. The molecule has 0 spiro atoms. The van der Waals surface area contributed by atoms with Crippen molar-refractivity contribution in [3.05, 3.63) is 72.1 Å². The van der Waals surface area contributed by atoms with Gasteiger partial charge in [0.05, 0.1) is 19.9 Å². The summed E-state index contributed by atoms with van der Waals surface area (Å²) in [5, 5.41) is 10.8. The molecule has 0 bridgehead atoms. The lowest BCUT2D eigenvalue weighted by Crippen LogP contribution is -2.38. The van der Waals surface area contributed by atoms with Crippen molar-refractivity contribution in [2.24, 2.45) is 0 Å². The second-order valence-corrected chi connectivity index (χ2v) is 6.39. The Kier molecular flexibility index (Phi) is 6.57. The number of anilines is 1. The molecule has 0 fully saturated rings. The second kappa shape index (κ2) is 9.50. The van der Waals surface area contributed by atoms with Gasteiger partial charge in [0, 0.05) is 18.3 Å². The van der Waals surface area contributed by atoms with Gasteiger partial charge in [0.2, 0.25) is 5.91 Å². The molecule has 0 aliphatic rings. The Morgan fingerprint density at radius 2 is 1.93 bits per heavy atom. The molecule has 150 valence electrons. The number of aromatic nitrogens is 3. The number of hydrogen-bond donors (Lipinski definition) is 1. The van der Waals surface area contributed by atoms with Gasteiger partial charge in [0.15, 0.2) is 5.69 Å². The third-order valence-electron chi connectivity index (χ3n) is 4.30. The molecule has 1 aromatic heterocycles. The van der Waals surface area contributed by atoms with Crippen molar-refractivity contribution in [2.45, 2.75) is 13.5 Å². The summed E-state index contributed by atoms with van der Waals surface area (Å²) in [6, 6.07) is 16.8. The number of amides is 2. The van der Waals surface area contributed by atoms with Crippen molar-refractivity contribution in [3.8, 4) is 5.75 Å². The predicted molar refractivity (Wildman–Crippen MR) is 109 cm³/mol. The fourth-order valence-corrected chi connectivity index (χ4v) is 2.81. The van der Waals surface area contributed by atoms with E-state index in [1.54, 1.807) is 42.3 Å². The van der Waals surface area contributed by atoms with E-state index in [4.69, 9.17) is 4.74 Å². The number of nitrogens with one attached hydrogen (secondary N) is 1. The highest BCUT2D eigenvalue weighted by Gasteiger charge is 2.20. The number of rotatable bonds is 8. The minimum atomic E-state index is -0.340. The molecule has 0 radical (unpaired) electrons. The molecule has 2 amide bonds. The summed E-state index contributed by atoms with van der Waals surface area (Å²) in [6.45, 7) is 2.61. The Morgan fingerprint density at radius 1 is 1.14 bits per heavy atom. The summed E-state index contributed by atoms with van der Waals surface area (Å²) >= 11 is 0. The molecule has 8 heteroatoms. The van der Waals surface area contributed by atoms with E-state index in [0.29, 0.717) is 24.5 Å². The molecule has 3 aromatic rings. The Hall–Kier alpha value is -3.68. The van der Waals surface area contributed by atoms with Gasteiger partial charge in [-0.2, -0.15) is 0 Å². The van der Waals surface area contributed by atoms with Crippen LogP contribution in [0.5, 0.6) is 5.75 Å². The fraction of sp³-hybridized carbons (Fsp3) is 0.238. The Bertz CT molecular complexity index is 971. The lowest BCUT2D eigenvalue weighted by Gasteiger charge is -2.19. The number of nitrogens with zero attached hydrogens (tertiary/aromatic N) is 4. The highest BCUT2D eigenvalue weighted by molar-refractivity contribution is 5.98. The minimum absolute atomic E-state index is 0.0852. The van der Waals surface area contributed by atoms with E-state index in [9.17, 15) is 9.59 Å². The molecule has 3 rings (SSSR count). The van der Waals surface area contributed by atoms with Crippen molar-refractivity contribution < 1.29 is 14.3 Å². The standard InChI is InChI=1S/C21H23N5O3/c1-3-25(15-20(27)22-17-10-7-11-18(12-17)29-2)21(28)19-14-26(24-23-19)13-16-8-5-4-6-9-16/h4-12,14H,3,13,15H2,1-2H3,(H,22,27). The van der Waals surface area contributed by atoms with Gasteiger partial charge in [-0.25, -0.2) is 4.68 Å². The van der Waals surface area contributed by atoms with Crippen molar-refractivity contribution in [1.29, 1.82) is 0 Å². The first-order chi connectivity index (χ1) is 14.1. The lowest BCUT2D eigenvalue weighted by atomic mass is 10.2. The van der Waals surface area contributed by atoms with E-state index in [0.717, 1.165) is 5.56 Å². The van der Waals surface area contributed by atoms with Crippen LogP contribution in [0.15, 0.2) is 60.8 Å². The molecule has 1 N–H and O–H groups in total. The lowest BCUT2D eigenvalue weighted by molar-refractivity contribution is -0.116. The zero-order valence-electron chi connectivity index (χ0n) is 16.4. The van der Waals surface area contributed by atoms with E-state index in [1.165, 1.54) is 4.90 Å². The number of carbonyl (C=O) groups is 2. The largest absolute Gasteiger partial charge is 0.497 e. The highest BCUT2D eigenvalue weighted by Crippen LogP contribution is 2.16. The van der Waals surface area contributed by atoms with Crippen LogP contribution in [0.1, 0.15) is 23.0 Å². The van der Waals surface area contributed by atoms with Gasteiger partial charge in [-0.05, 0) is 24.6 Å². The molecule has 0 saturated carbocycles. The molecule has 0 saturated heterocycles. The van der Waals surface area contributed by atoms with Crippen LogP contribution in [-0.2, 0) is 11.3 Å². The van der Waals surface area contributed by atoms with Gasteiger partial charge in [0.25, 0.3) is 5.91 Å². The molecule has 0 unspecified atom stereocenters. The zero-order valence-corrected chi connectivity index (χ0v) is 16.4. The van der Waals surface area contributed by atoms with Crippen molar-refractivity contribution in [2.75, 3.05) is 25.5 Å². The summed E-state index contributed by atoms with van der Waals surface area (Å²) in [7, 11) is 1.56. The molecule has 8 nitrogen and oxygen atoms in total. The summed E-state index contributed by atoms with van der Waals surface area (Å²) in [4.78, 5) is 26.5. The maximum absolute atomic E-state index is 12.7. The number of hydrogen-bond acceptors (Lipinski definition) is 5. The zero-order chi connectivity index (χ0) is 20.6. The first kappa shape index (κ1) is 20.1. The van der Waals surface area contributed by atoms with E-state index >= 15 is 0 Å². The van der Waals surface area contributed by atoms with Crippen LogP contribution in [0.25, 0.3) is 0 Å². The molecule has 2 aromatic carbocycles. The molecule has 0 aliphatic carbocycles. The quantitative estimate of drug-likeness (QED) is 0.635. The van der Waals surface area contributed by atoms with Gasteiger partial charge >= 0.3 is 0 Å². The number of methoxy groups -OCH3 is 1.